The molecule has 70 valence electrons. The first-order valence-electron chi connectivity index (χ1n) is 4.85. The summed E-state index contributed by atoms with van der Waals surface area (Å²) in [5.74, 6) is 0. The number of nitrogens with zero attached hydrogens (tertiary/aromatic N) is 1. The van der Waals surface area contributed by atoms with Crippen molar-refractivity contribution in [2.75, 3.05) is 0 Å². The molecule has 2 rings (SSSR count). The number of hydrogen-bond acceptors (Lipinski definition) is 1. The van der Waals surface area contributed by atoms with Crippen LogP contribution in [0.25, 0.3) is 10.9 Å². The van der Waals surface area contributed by atoms with Crippen molar-refractivity contribution >= 4 is 10.9 Å². The predicted molar refractivity (Wildman–Crippen MR) is 57.0 cm³/mol. The Morgan fingerprint density at radius 1 is 1.43 bits per heavy atom. The first kappa shape index (κ1) is 8.83. The van der Waals surface area contributed by atoms with Crippen LogP contribution in [0.1, 0.15) is 24.5 Å². The maximum absolute atomic E-state index is 8.83. The molecule has 0 spiro atoms. The zero-order valence-electron chi connectivity index (χ0n) is 8.17. The largest absolute Gasteiger partial charge is 0.360 e. The third kappa shape index (κ3) is 1.38. The van der Waals surface area contributed by atoms with Gasteiger partial charge in [-0.25, -0.2) is 0 Å². The van der Waals surface area contributed by atoms with Crippen molar-refractivity contribution in [3.05, 3.63) is 35.5 Å². The Hall–Kier alpha value is -1.75. The molecule has 0 radical (unpaired) electrons. The fraction of sp³-hybridized carbons (Fsp3) is 0.250. The van der Waals surface area contributed by atoms with Crippen molar-refractivity contribution in [2.24, 2.45) is 0 Å². The van der Waals surface area contributed by atoms with Gasteiger partial charge in [-0.3, -0.25) is 0 Å². The zero-order chi connectivity index (χ0) is 9.97. The lowest BCUT2D eigenvalue weighted by Gasteiger charge is -1.98. The monoisotopic (exact) mass is 184 g/mol. The maximum Gasteiger partial charge on any atom is 0.101 e. The number of H-pyrrole nitrogens is 1. The van der Waals surface area contributed by atoms with Crippen LogP contribution in [0.5, 0.6) is 0 Å². The fourth-order valence-electron chi connectivity index (χ4n) is 1.71. The van der Waals surface area contributed by atoms with Gasteiger partial charge in [-0.1, -0.05) is 25.5 Å². The highest BCUT2D eigenvalue weighted by Crippen LogP contribution is 2.19. The van der Waals surface area contributed by atoms with Gasteiger partial charge in [-0.15, -0.1) is 0 Å². The van der Waals surface area contributed by atoms with Crippen molar-refractivity contribution in [1.29, 1.82) is 5.26 Å². The van der Waals surface area contributed by atoms with Gasteiger partial charge < -0.3 is 4.98 Å². The molecule has 0 atom stereocenters. The summed E-state index contributed by atoms with van der Waals surface area (Å²) in [6.07, 6.45) is 4.01. The molecule has 0 fully saturated rings. The minimum atomic E-state index is 0.725. The van der Waals surface area contributed by atoms with Crippen LogP contribution in [0.15, 0.2) is 24.4 Å². The van der Waals surface area contributed by atoms with E-state index in [1.165, 1.54) is 5.56 Å². The normalized spacial score (nSPS) is 10.3. The van der Waals surface area contributed by atoms with E-state index in [4.69, 9.17) is 5.26 Å². The predicted octanol–water partition coefficient (Wildman–Crippen LogP) is 2.99. The Morgan fingerprint density at radius 2 is 2.29 bits per heavy atom. The SMILES string of the molecule is CCCc1ccc2c(C#N)c[nH]c2c1. The van der Waals surface area contributed by atoms with Crippen LogP contribution in [0.4, 0.5) is 0 Å². The fourth-order valence-corrected chi connectivity index (χ4v) is 1.71. The molecule has 0 unspecified atom stereocenters. The molecule has 1 aromatic heterocycles. The van der Waals surface area contributed by atoms with Gasteiger partial charge in [0.25, 0.3) is 0 Å². The van der Waals surface area contributed by atoms with Crippen LogP contribution >= 0.6 is 0 Å². The second-order valence-electron chi connectivity index (χ2n) is 3.44. The number of nitrogens with one attached hydrogen (secondary N) is 1. The second-order valence-corrected chi connectivity index (χ2v) is 3.44. The number of fused-ring (bicyclic) bond motifs is 1. The van der Waals surface area contributed by atoms with Crippen molar-refractivity contribution in [3.8, 4) is 6.07 Å². The van der Waals surface area contributed by atoms with E-state index in [9.17, 15) is 0 Å². The van der Waals surface area contributed by atoms with Crippen molar-refractivity contribution < 1.29 is 0 Å². The molecule has 1 heterocycles. The minimum absolute atomic E-state index is 0.725. The summed E-state index contributed by atoms with van der Waals surface area (Å²) >= 11 is 0. The Balaban J connectivity index is 2.53. The molecule has 0 bridgehead atoms. The summed E-state index contributed by atoms with van der Waals surface area (Å²) < 4.78 is 0. The number of benzene rings is 1. The van der Waals surface area contributed by atoms with Crippen LogP contribution in [-0.2, 0) is 6.42 Å². The molecule has 0 amide bonds. The number of rotatable bonds is 2. The molecule has 0 saturated heterocycles. The molecule has 2 nitrogen and oxygen atoms in total. The highest BCUT2D eigenvalue weighted by atomic mass is 14.7. The van der Waals surface area contributed by atoms with Crippen LogP contribution in [0.2, 0.25) is 0 Å². The van der Waals surface area contributed by atoms with Gasteiger partial charge in [-0.05, 0) is 18.1 Å². The van der Waals surface area contributed by atoms with E-state index in [0.717, 1.165) is 29.3 Å². The molecule has 0 aliphatic heterocycles. The van der Waals surface area contributed by atoms with Crippen molar-refractivity contribution in [3.63, 3.8) is 0 Å². The molecule has 0 aliphatic carbocycles. The van der Waals surface area contributed by atoms with E-state index in [1.54, 1.807) is 6.20 Å². The highest BCUT2D eigenvalue weighted by Gasteiger charge is 2.02. The van der Waals surface area contributed by atoms with Crippen LogP contribution in [0, 0.1) is 11.3 Å². The topological polar surface area (TPSA) is 39.6 Å². The maximum atomic E-state index is 8.83. The standard InChI is InChI=1S/C12H12N2/c1-2-3-9-4-5-11-10(7-13)8-14-12(11)6-9/h4-6,8,14H,2-3H2,1H3. The molecule has 14 heavy (non-hydrogen) atoms. The lowest BCUT2D eigenvalue weighted by molar-refractivity contribution is 0.923. The summed E-state index contributed by atoms with van der Waals surface area (Å²) in [6.45, 7) is 2.17. The molecule has 1 aromatic carbocycles. The number of aromatic nitrogens is 1. The van der Waals surface area contributed by atoms with Crippen molar-refractivity contribution in [2.45, 2.75) is 19.8 Å². The minimum Gasteiger partial charge on any atom is -0.360 e. The molecule has 2 heteroatoms. The van der Waals surface area contributed by atoms with Gasteiger partial charge in [0.05, 0.1) is 5.56 Å². The van der Waals surface area contributed by atoms with Crippen LogP contribution in [-0.4, -0.2) is 4.98 Å². The Kier molecular flexibility index (Phi) is 2.24. The van der Waals surface area contributed by atoms with Gasteiger partial charge in [-0.2, -0.15) is 5.26 Å². The number of aromatic amines is 1. The summed E-state index contributed by atoms with van der Waals surface area (Å²) in [5, 5.41) is 9.85. The number of hydrogen-bond donors (Lipinski definition) is 1. The first-order chi connectivity index (χ1) is 6.85. The summed E-state index contributed by atoms with van der Waals surface area (Å²) in [7, 11) is 0. The quantitative estimate of drug-likeness (QED) is 0.765. The molecule has 0 aliphatic rings. The van der Waals surface area contributed by atoms with Gasteiger partial charge in [0.2, 0.25) is 0 Å². The van der Waals surface area contributed by atoms with Gasteiger partial charge in [0.1, 0.15) is 6.07 Å². The molecule has 2 aromatic rings. The van der Waals surface area contributed by atoms with E-state index in [-0.39, 0.29) is 0 Å². The van der Waals surface area contributed by atoms with E-state index in [2.05, 4.69) is 30.1 Å². The number of aryl methyl sites for hydroxylation is 1. The van der Waals surface area contributed by atoms with E-state index < -0.39 is 0 Å². The lowest BCUT2D eigenvalue weighted by Crippen LogP contribution is -1.82. The average molecular weight is 184 g/mol. The van der Waals surface area contributed by atoms with E-state index in [1.807, 2.05) is 6.07 Å². The molecular formula is C12H12N2. The Labute approximate surface area is 83.2 Å². The van der Waals surface area contributed by atoms with Crippen LogP contribution in [0.3, 0.4) is 0 Å². The van der Waals surface area contributed by atoms with E-state index >= 15 is 0 Å². The van der Waals surface area contributed by atoms with Gasteiger partial charge in [0, 0.05) is 17.1 Å². The van der Waals surface area contributed by atoms with Crippen LogP contribution < -0.4 is 0 Å². The lowest BCUT2D eigenvalue weighted by atomic mass is 10.1. The number of nitriles is 1. The second kappa shape index (κ2) is 3.55. The first-order valence-corrected chi connectivity index (χ1v) is 4.85. The van der Waals surface area contributed by atoms with E-state index in [0.29, 0.717) is 0 Å². The Bertz CT molecular complexity index is 488. The molecule has 0 saturated carbocycles. The third-order valence-corrected chi connectivity index (χ3v) is 2.41. The molecule has 1 N–H and O–H groups in total. The van der Waals surface area contributed by atoms with Gasteiger partial charge in [0.15, 0.2) is 0 Å². The van der Waals surface area contributed by atoms with Gasteiger partial charge >= 0.3 is 0 Å². The Morgan fingerprint density at radius 3 is 3.00 bits per heavy atom. The molecular weight excluding hydrogens is 172 g/mol. The zero-order valence-corrected chi connectivity index (χ0v) is 8.17. The summed E-state index contributed by atoms with van der Waals surface area (Å²) in [4.78, 5) is 3.12. The third-order valence-electron chi connectivity index (χ3n) is 2.41. The van der Waals surface area contributed by atoms with Crippen molar-refractivity contribution in [1.82, 2.24) is 4.98 Å². The smallest absolute Gasteiger partial charge is 0.101 e. The summed E-state index contributed by atoms with van der Waals surface area (Å²) in [6, 6.07) is 8.42. The summed E-state index contributed by atoms with van der Waals surface area (Å²) in [5.41, 5.74) is 3.11. The average Bonchev–Trinajstić information content (AvgIpc) is 2.60. The highest BCUT2D eigenvalue weighted by molar-refractivity contribution is 5.86.